The van der Waals surface area contributed by atoms with Crippen LogP contribution in [0.4, 0.5) is 0 Å². The molecule has 0 unspecified atom stereocenters. The van der Waals surface area contributed by atoms with Crippen molar-refractivity contribution in [2.45, 2.75) is 36.0 Å². The predicted molar refractivity (Wildman–Crippen MR) is 168 cm³/mol. The van der Waals surface area contributed by atoms with Crippen molar-refractivity contribution in [2.24, 2.45) is 0 Å². The van der Waals surface area contributed by atoms with Gasteiger partial charge in [-0.2, -0.15) is 0 Å². The summed E-state index contributed by atoms with van der Waals surface area (Å²) in [4.78, 5) is 16.8. The zero-order valence-corrected chi connectivity index (χ0v) is 26.3. The van der Waals surface area contributed by atoms with Gasteiger partial charge < -0.3 is 29.4 Å². The molecule has 0 atom stereocenters. The molecule has 6 nitrogen and oxygen atoms in total. The van der Waals surface area contributed by atoms with E-state index in [-0.39, 0.29) is 0 Å². The summed E-state index contributed by atoms with van der Waals surface area (Å²) < 4.78 is 0. The Hall–Kier alpha value is -1.10. The molecular formula is C30H50N6S2. The standard InChI is InChI=1S/C30H50N6S2/c1-31-13-17-33(3)21-25-9-7-11-27(29(25)37)23-35(5)19-15-32(2)16-20-36(6)24-28-12-8-10-26(30(28)38)22-34(4)18-14-31/h7-12,37-38H,13-24H2,1-6H3. The predicted octanol–water partition coefficient (Wildman–Crippen LogP) is 3.57. The van der Waals surface area contributed by atoms with Crippen LogP contribution < -0.4 is 0 Å². The van der Waals surface area contributed by atoms with Crippen LogP contribution in [0.3, 0.4) is 0 Å². The van der Waals surface area contributed by atoms with Gasteiger partial charge in [0.05, 0.1) is 0 Å². The summed E-state index contributed by atoms with van der Waals surface area (Å²) in [6, 6.07) is 13.3. The van der Waals surface area contributed by atoms with Gasteiger partial charge in [0, 0.05) is 88.3 Å². The zero-order chi connectivity index (χ0) is 27.7. The zero-order valence-electron chi connectivity index (χ0n) is 24.5. The largest absolute Gasteiger partial charge is 0.304 e. The van der Waals surface area contributed by atoms with Gasteiger partial charge in [0.2, 0.25) is 0 Å². The maximum atomic E-state index is 4.96. The van der Waals surface area contributed by atoms with Crippen molar-refractivity contribution in [1.29, 1.82) is 0 Å². The maximum absolute atomic E-state index is 4.96. The van der Waals surface area contributed by atoms with Gasteiger partial charge in [0.15, 0.2) is 0 Å². The molecule has 0 amide bonds. The Bertz CT molecular complexity index is 855. The third-order valence-corrected chi connectivity index (χ3v) is 8.77. The van der Waals surface area contributed by atoms with E-state index >= 15 is 0 Å². The van der Waals surface area contributed by atoms with E-state index < -0.39 is 0 Å². The highest BCUT2D eigenvalue weighted by atomic mass is 32.1. The van der Waals surface area contributed by atoms with E-state index in [1.165, 1.54) is 22.3 Å². The molecule has 0 radical (unpaired) electrons. The SMILES string of the molecule is CN1CCN(C)Cc2cccc(c2S)CN(C)CCN(C)CCN(C)Cc2cccc(c2S)CN(C)CC1. The topological polar surface area (TPSA) is 19.4 Å². The van der Waals surface area contributed by atoms with Crippen LogP contribution in [-0.4, -0.2) is 124 Å². The van der Waals surface area contributed by atoms with Crippen molar-refractivity contribution in [3.05, 3.63) is 58.7 Å². The van der Waals surface area contributed by atoms with E-state index in [2.05, 4.69) is 108 Å². The van der Waals surface area contributed by atoms with E-state index in [1.54, 1.807) is 0 Å². The lowest BCUT2D eigenvalue weighted by Gasteiger charge is -2.27. The highest BCUT2D eigenvalue weighted by molar-refractivity contribution is 7.80. The summed E-state index contributed by atoms with van der Waals surface area (Å²) in [5, 5.41) is 0. The van der Waals surface area contributed by atoms with Crippen molar-refractivity contribution < 1.29 is 0 Å². The van der Waals surface area contributed by atoms with Crippen molar-refractivity contribution in [2.75, 3.05) is 94.6 Å². The summed E-state index contributed by atoms with van der Waals surface area (Å²) >= 11 is 9.91. The minimum Gasteiger partial charge on any atom is -0.304 e. The van der Waals surface area contributed by atoms with Gasteiger partial charge in [0.1, 0.15) is 0 Å². The van der Waals surface area contributed by atoms with Gasteiger partial charge in [-0.05, 0) is 64.5 Å². The number of hydrogen-bond donors (Lipinski definition) is 2. The molecule has 0 saturated heterocycles. The van der Waals surface area contributed by atoms with E-state index in [0.717, 1.165) is 88.3 Å². The fraction of sp³-hybridized carbons (Fsp3) is 0.600. The van der Waals surface area contributed by atoms with Crippen LogP contribution in [0.5, 0.6) is 0 Å². The molecule has 0 aliphatic carbocycles. The minimum atomic E-state index is 0.918. The molecule has 1 heterocycles. The molecule has 8 heteroatoms. The number of thiol groups is 2. The number of hydrogen-bond acceptors (Lipinski definition) is 8. The molecule has 0 aromatic heterocycles. The molecule has 0 spiro atoms. The molecular weight excluding hydrogens is 509 g/mol. The average Bonchev–Trinajstić information content (AvgIpc) is 2.88. The lowest BCUT2D eigenvalue weighted by atomic mass is 10.1. The molecule has 1 aliphatic heterocycles. The molecule has 4 bridgehead atoms. The number of likely N-dealkylation sites (N-methyl/N-ethyl adjacent to an activating group) is 6. The van der Waals surface area contributed by atoms with Crippen LogP contribution in [0, 0.1) is 0 Å². The van der Waals surface area contributed by atoms with Crippen molar-refractivity contribution in [3.63, 3.8) is 0 Å². The molecule has 0 saturated carbocycles. The lowest BCUT2D eigenvalue weighted by molar-refractivity contribution is 0.216. The van der Waals surface area contributed by atoms with E-state index in [4.69, 9.17) is 25.3 Å². The first-order chi connectivity index (χ1) is 18.1. The van der Waals surface area contributed by atoms with Gasteiger partial charge in [-0.1, -0.05) is 36.4 Å². The first-order valence-corrected chi connectivity index (χ1v) is 14.7. The second kappa shape index (κ2) is 15.6. The van der Waals surface area contributed by atoms with Crippen molar-refractivity contribution in [3.8, 4) is 0 Å². The Labute approximate surface area is 243 Å². The van der Waals surface area contributed by atoms with Gasteiger partial charge in [-0.15, -0.1) is 25.3 Å². The maximum Gasteiger partial charge on any atom is 0.0242 e. The van der Waals surface area contributed by atoms with Crippen LogP contribution in [0.2, 0.25) is 0 Å². The first-order valence-electron chi connectivity index (χ1n) is 13.8. The summed E-state index contributed by atoms with van der Waals surface area (Å²) in [7, 11) is 13.3. The van der Waals surface area contributed by atoms with Crippen molar-refractivity contribution in [1.82, 2.24) is 29.4 Å². The molecule has 0 fully saturated rings. The second-order valence-electron chi connectivity index (χ2n) is 11.4. The fourth-order valence-electron chi connectivity index (χ4n) is 4.87. The molecule has 212 valence electrons. The van der Waals surface area contributed by atoms with Gasteiger partial charge in [0.25, 0.3) is 0 Å². The van der Waals surface area contributed by atoms with E-state index in [9.17, 15) is 0 Å². The smallest absolute Gasteiger partial charge is 0.0242 e. The van der Waals surface area contributed by atoms with Crippen LogP contribution in [0.1, 0.15) is 22.3 Å². The van der Waals surface area contributed by atoms with Crippen LogP contribution in [0.15, 0.2) is 46.2 Å². The molecule has 1 aliphatic rings. The molecule has 2 aromatic rings. The third kappa shape index (κ3) is 10.1. The monoisotopic (exact) mass is 558 g/mol. The molecule has 2 aromatic carbocycles. The molecule has 0 N–H and O–H groups in total. The van der Waals surface area contributed by atoms with Gasteiger partial charge in [-0.25, -0.2) is 0 Å². The second-order valence-corrected chi connectivity index (χ2v) is 12.3. The number of rotatable bonds is 0. The Morgan fingerprint density at radius 2 is 0.605 bits per heavy atom. The Balaban J connectivity index is 1.71. The van der Waals surface area contributed by atoms with Gasteiger partial charge in [-0.3, -0.25) is 0 Å². The third-order valence-electron chi connectivity index (χ3n) is 7.62. The summed E-state index contributed by atoms with van der Waals surface area (Å²) in [5.41, 5.74) is 5.24. The quantitative estimate of drug-likeness (QED) is 0.479. The highest BCUT2D eigenvalue weighted by Gasteiger charge is 2.13. The Morgan fingerprint density at radius 1 is 0.395 bits per heavy atom. The summed E-state index contributed by atoms with van der Waals surface area (Å²) in [6.07, 6.45) is 0. The summed E-state index contributed by atoms with van der Waals surface area (Å²) in [6.45, 7) is 12.0. The van der Waals surface area contributed by atoms with Crippen LogP contribution >= 0.6 is 25.3 Å². The number of benzene rings is 2. The van der Waals surface area contributed by atoms with Crippen LogP contribution in [-0.2, 0) is 26.2 Å². The molecule has 38 heavy (non-hydrogen) atoms. The fourth-order valence-corrected chi connectivity index (χ4v) is 5.45. The Morgan fingerprint density at radius 3 is 0.842 bits per heavy atom. The lowest BCUT2D eigenvalue weighted by Crippen LogP contribution is -2.36. The number of nitrogens with zero attached hydrogens (tertiary/aromatic N) is 6. The van der Waals surface area contributed by atoms with Crippen LogP contribution in [0.25, 0.3) is 0 Å². The van der Waals surface area contributed by atoms with E-state index in [1.807, 2.05) is 0 Å². The molecule has 3 rings (SSSR count). The Kier molecular flexibility index (Phi) is 12.9. The van der Waals surface area contributed by atoms with Crippen molar-refractivity contribution >= 4 is 25.3 Å². The number of fused-ring (bicyclic) bond motifs is 4. The first kappa shape index (κ1) is 31.4. The summed E-state index contributed by atoms with van der Waals surface area (Å²) in [5.74, 6) is 0. The normalized spacial score (nSPS) is 20.8. The highest BCUT2D eigenvalue weighted by Crippen LogP contribution is 2.23. The average molecular weight is 559 g/mol. The van der Waals surface area contributed by atoms with Gasteiger partial charge >= 0.3 is 0 Å². The minimum absolute atomic E-state index is 0.918. The van der Waals surface area contributed by atoms with E-state index in [0.29, 0.717) is 0 Å².